The maximum absolute atomic E-state index is 12.5. The zero-order valence-electron chi connectivity index (χ0n) is 15.7. The van der Waals surface area contributed by atoms with Gasteiger partial charge in [0.2, 0.25) is 10.9 Å². The molecule has 26 heavy (non-hydrogen) atoms. The number of ether oxygens (including phenoxy) is 1. The number of carbonyl (C=O) groups is 2. The number of sulfonamides is 1. The largest absolute Gasteiger partial charge is 0.447 e. The molecule has 1 fully saturated rings. The van der Waals surface area contributed by atoms with Gasteiger partial charge in [-0.05, 0) is 59.6 Å². The molecule has 1 amide bonds. The Morgan fingerprint density at radius 2 is 1.73 bits per heavy atom. The van der Waals surface area contributed by atoms with Crippen LogP contribution >= 0.6 is 0 Å². The highest BCUT2D eigenvalue weighted by Crippen LogP contribution is 2.23. The third kappa shape index (κ3) is 4.85. The van der Waals surface area contributed by atoms with E-state index in [1.807, 2.05) is 27.7 Å². The maximum atomic E-state index is 12.5. The Labute approximate surface area is 153 Å². The van der Waals surface area contributed by atoms with Gasteiger partial charge in [-0.15, -0.1) is 0 Å². The van der Waals surface area contributed by atoms with E-state index in [-0.39, 0.29) is 34.9 Å². The van der Waals surface area contributed by atoms with E-state index < -0.39 is 22.1 Å². The van der Waals surface area contributed by atoms with E-state index in [0.29, 0.717) is 0 Å². The Balaban J connectivity index is 2.04. The van der Waals surface area contributed by atoms with Gasteiger partial charge in [0.1, 0.15) is 0 Å². The number of nitrogens with zero attached hydrogens (tertiary/aromatic N) is 1. The van der Waals surface area contributed by atoms with Crippen molar-refractivity contribution in [1.82, 2.24) is 9.62 Å². The number of hydrogen-bond acceptors (Lipinski definition) is 6. The van der Waals surface area contributed by atoms with Crippen molar-refractivity contribution in [2.75, 3.05) is 0 Å². The van der Waals surface area contributed by atoms with Crippen molar-refractivity contribution in [3.05, 3.63) is 17.9 Å². The third-order valence-corrected chi connectivity index (χ3v) is 5.34. The summed E-state index contributed by atoms with van der Waals surface area (Å²) < 4.78 is 36.9. The average molecular weight is 386 g/mol. The Morgan fingerprint density at radius 1 is 1.15 bits per heavy atom. The minimum atomic E-state index is -3.79. The summed E-state index contributed by atoms with van der Waals surface area (Å²) in [5.41, 5.74) is 0. The van der Waals surface area contributed by atoms with Gasteiger partial charge in [-0.1, -0.05) is 0 Å². The summed E-state index contributed by atoms with van der Waals surface area (Å²) >= 11 is 0. The van der Waals surface area contributed by atoms with Gasteiger partial charge in [0, 0.05) is 18.1 Å². The van der Waals surface area contributed by atoms with Crippen LogP contribution in [-0.4, -0.2) is 49.4 Å². The van der Waals surface area contributed by atoms with Gasteiger partial charge in [-0.3, -0.25) is 4.79 Å². The first-order valence-corrected chi connectivity index (χ1v) is 10.2. The molecule has 0 aromatic carbocycles. The second-order valence-electron chi connectivity index (χ2n) is 6.99. The van der Waals surface area contributed by atoms with Crippen LogP contribution in [0.2, 0.25) is 0 Å². The van der Waals surface area contributed by atoms with Gasteiger partial charge in [0.15, 0.2) is 6.10 Å². The molecule has 146 valence electrons. The molecule has 0 aliphatic heterocycles. The molecule has 1 aliphatic rings. The van der Waals surface area contributed by atoms with Crippen LogP contribution in [0.15, 0.2) is 21.6 Å². The molecule has 1 unspecified atom stereocenters. The summed E-state index contributed by atoms with van der Waals surface area (Å²) in [6.45, 7) is 8.99. The molecule has 8 nitrogen and oxygen atoms in total. The number of nitrogens with one attached hydrogen (secondary N) is 1. The summed E-state index contributed by atoms with van der Waals surface area (Å²) in [6.07, 6.45) is 0.565. The molecule has 1 atom stereocenters. The standard InChI is InChI=1S/C17H26N2O6S/c1-10(2)19(11(3)4)16(20)12(5)24-17(21)14-8-9-15(25-14)26(22,23)18-13-6-7-13/h8-13,18H,6-7H2,1-5H3. The minimum Gasteiger partial charge on any atom is -0.447 e. The van der Waals surface area contributed by atoms with Gasteiger partial charge in [-0.25, -0.2) is 17.9 Å². The molecule has 1 aliphatic carbocycles. The monoisotopic (exact) mass is 386 g/mol. The van der Waals surface area contributed by atoms with E-state index in [4.69, 9.17) is 9.15 Å². The first-order chi connectivity index (χ1) is 12.0. The van der Waals surface area contributed by atoms with Crippen LogP contribution in [-0.2, 0) is 19.6 Å². The summed E-state index contributed by atoms with van der Waals surface area (Å²) in [5.74, 6) is -1.47. The van der Waals surface area contributed by atoms with Gasteiger partial charge in [-0.2, -0.15) is 0 Å². The number of furan rings is 1. The molecule has 1 N–H and O–H groups in total. The molecule has 1 aromatic rings. The predicted molar refractivity (Wildman–Crippen MR) is 94.0 cm³/mol. The smallest absolute Gasteiger partial charge is 0.375 e. The van der Waals surface area contributed by atoms with E-state index in [9.17, 15) is 18.0 Å². The van der Waals surface area contributed by atoms with Crippen molar-refractivity contribution >= 4 is 21.9 Å². The fourth-order valence-corrected chi connectivity index (χ4v) is 3.87. The molecule has 0 spiro atoms. The number of hydrogen-bond donors (Lipinski definition) is 1. The van der Waals surface area contributed by atoms with Crippen molar-refractivity contribution in [3.63, 3.8) is 0 Å². The number of rotatable bonds is 8. The fraction of sp³-hybridized carbons (Fsp3) is 0.647. The van der Waals surface area contributed by atoms with Crippen molar-refractivity contribution < 1.29 is 27.2 Å². The molecule has 0 bridgehead atoms. The predicted octanol–water partition coefficient (Wildman–Crippen LogP) is 1.91. The van der Waals surface area contributed by atoms with E-state index in [2.05, 4.69) is 4.72 Å². The van der Waals surface area contributed by atoms with E-state index in [0.717, 1.165) is 12.8 Å². The van der Waals surface area contributed by atoms with Gasteiger partial charge < -0.3 is 14.1 Å². The zero-order valence-corrected chi connectivity index (χ0v) is 16.5. The topological polar surface area (TPSA) is 106 Å². The van der Waals surface area contributed by atoms with Crippen LogP contribution in [0.25, 0.3) is 0 Å². The highest BCUT2D eigenvalue weighted by atomic mass is 32.2. The molecular weight excluding hydrogens is 360 g/mol. The highest BCUT2D eigenvalue weighted by molar-refractivity contribution is 7.89. The lowest BCUT2D eigenvalue weighted by Crippen LogP contribution is -2.47. The minimum absolute atomic E-state index is 0.0440. The lowest BCUT2D eigenvalue weighted by Gasteiger charge is -2.32. The molecule has 2 rings (SSSR count). The van der Waals surface area contributed by atoms with E-state index in [1.165, 1.54) is 19.1 Å². The molecule has 1 saturated carbocycles. The normalized spacial score (nSPS) is 16.0. The Bertz CT molecular complexity index is 756. The van der Waals surface area contributed by atoms with Crippen LogP contribution in [0.4, 0.5) is 0 Å². The second-order valence-corrected chi connectivity index (χ2v) is 8.64. The molecule has 9 heteroatoms. The zero-order chi connectivity index (χ0) is 19.6. The number of esters is 1. The average Bonchev–Trinajstić information content (AvgIpc) is 3.15. The lowest BCUT2D eigenvalue weighted by atomic mass is 10.2. The SMILES string of the molecule is CC(OC(=O)c1ccc(S(=O)(=O)NC2CC2)o1)C(=O)N(C(C)C)C(C)C. The number of amides is 1. The highest BCUT2D eigenvalue weighted by Gasteiger charge is 2.32. The quantitative estimate of drug-likeness (QED) is 0.684. The maximum Gasteiger partial charge on any atom is 0.375 e. The second kappa shape index (κ2) is 7.79. The fourth-order valence-electron chi connectivity index (χ4n) is 2.64. The molecule has 0 saturated heterocycles. The third-order valence-electron chi connectivity index (χ3n) is 3.95. The van der Waals surface area contributed by atoms with Crippen molar-refractivity contribution in [1.29, 1.82) is 0 Å². The van der Waals surface area contributed by atoms with Crippen molar-refractivity contribution in [3.8, 4) is 0 Å². The summed E-state index contributed by atoms with van der Waals surface area (Å²) in [4.78, 5) is 26.3. The van der Waals surface area contributed by atoms with Crippen LogP contribution in [0, 0.1) is 0 Å². The Hall–Kier alpha value is -1.87. The van der Waals surface area contributed by atoms with Gasteiger partial charge >= 0.3 is 5.97 Å². The molecule has 1 heterocycles. The first-order valence-electron chi connectivity index (χ1n) is 8.68. The van der Waals surface area contributed by atoms with Gasteiger partial charge in [0.05, 0.1) is 0 Å². The molecule has 1 aromatic heterocycles. The van der Waals surface area contributed by atoms with Crippen LogP contribution in [0.5, 0.6) is 0 Å². The van der Waals surface area contributed by atoms with E-state index >= 15 is 0 Å². The molecular formula is C17H26N2O6S. The summed E-state index contributed by atoms with van der Waals surface area (Å²) in [5, 5.41) is -0.346. The summed E-state index contributed by atoms with van der Waals surface area (Å²) in [7, 11) is -3.79. The number of carbonyl (C=O) groups excluding carboxylic acids is 2. The van der Waals surface area contributed by atoms with Crippen molar-refractivity contribution in [2.24, 2.45) is 0 Å². The van der Waals surface area contributed by atoms with Crippen LogP contribution in [0.3, 0.4) is 0 Å². The lowest BCUT2D eigenvalue weighted by molar-refractivity contribution is -0.143. The summed E-state index contributed by atoms with van der Waals surface area (Å²) in [6, 6.07) is 2.26. The van der Waals surface area contributed by atoms with E-state index in [1.54, 1.807) is 4.90 Å². The van der Waals surface area contributed by atoms with Crippen LogP contribution < -0.4 is 4.72 Å². The Kier molecular flexibility index (Phi) is 6.13. The first kappa shape index (κ1) is 20.4. The van der Waals surface area contributed by atoms with Crippen LogP contribution in [0.1, 0.15) is 58.0 Å². The Morgan fingerprint density at radius 3 is 2.23 bits per heavy atom. The van der Waals surface area contributed by atoms with Gasteiger partial charge in [0.25, 0.3) is 15.9 Å². The molecule has 0 radical (unpaired) electrons. The van der Waals surface area contributed by atoms with Crippen molar-refractivity contribution in [2.45, 2.75) is 76.8 Å².